The molecule has 9 heteroatoms. The molecule has 2 heterocycles. The number of ketones is 1. The number of carbonyl (C=O) groups is 4. The fourth-order valence-corrected chi connectivity index (χ4v) is 4.67. The lowest BCUT2D eigenvalue weighted by molar-refractivity contribution is -0.145. The number of nitrogens with one attached hydrogen (secondary N) is 1. The van der Waals surface area contributed by atoms with Crippen LogP contribution in [-0.4, -0.2) is 65.3 Å². The summed E-state index contributed by atoms with van der Waals surface area (Å²) < 4.78 is 11.1. The Morgan fingerprint density at radius 2 is 1.83 bits per heavy atom. The lowest BCUT2D eigenvalue weighted by Crippen LogP contribution is -2.40. The lowest BCUT2D eigenvalue weighted by atomic mass is 9.85. The Balaban J connectivity index is 2.17. The number of methoxy groups -OCH3 is 1. The second kappa shape index (κ2) is 14.2. The summed E-state index contributed by atoms with van der Waals surface area (Å²) in [6, 6.07) is 0. The summed E-state index contributed by atoms with van der Waals surface area (Å²) in [5, 5.41) is 23.5. The van der Waals surface area contributed by atoms with Crippen LogP contribution in [0.2, 0.25) is 0 Å². The van der Waals surface area contributed by atoms with Gasteiger partial charge in [0.15, 0.2) is 0 Å². The molecule has 200 valence electrons. The number of ether oxygens (including phenoxy) is 2. The molecular formula is C27H39NO8. The fourth-order valence-electron chi connectivity index (χ4n) is 4.67. The minimum atomic E-state index is -1.03. The monoisotopic (exact) mass is 505 g/mol. The highest BCUT2D eigenvalue weighted by atomic mass is 16.5. The van der Waals surface area contributed by atoms with Gasteiger partial charge in [-0.25, -0.2) is 4.79 Å². The average molecular weight is 506 g/mol. The summed E-state index contributed by atoms with van der Waals surface area (Å²) in [6.07, 6.45) is 6.66. The quantitative estimate of drug-likeness (QED) is 0.272. The van der Waals surface area contributed by atoms with Crippen molar-refractivity contribution in [2.75, 3.05) is 7.11 Å². The van der Waals surface area contributed by atoms with Gasteiger partial charge in [-0.15, -0.1) is 0 Å². The van der Waals surface area contributed by atoms with Crippen molar-refractivity contribution >= 4 is 23.6 Å². The van der Waals surface area contributed by atoms with Crippen molar-refractivity contribution in [3.8, 4) is 0 Å². The minimum absolute atomic E-state index is 0.124. The Kier molecular flexibility index (Phi) is 11.7. The first-order valence-corrected chi connectivity index (χ1v) is 12.5. The first-order valence-electron chi connectivity index (χ1n) is 12.5. The molecule has 2 aliphatic rings. The molecule has 36 heavy (non-hydrogen) atoms. The van der Waals surface area contributed by atoms with Crippen molar-refractivity contribution in [1.82, 2.24) is 5.32 Å². The molecule has 3 N–H and O–H groups in total. The SMILES string of the molecule is CO[C@H]1C=CCCC=CC(=O)O[C@H]([C@H](C)C(=O)C[C@H](O)CC2CC(=O)NC(=O)C2)C(C)=C[C@@H](C)[C@@H]1O. The molecule has 0 aromatic rings. The fraction of sp³-hybridized carbons (Fsp3) is 0.630. The van der Waals surface area contributed by atoms with Gasteiger partial charge in [-0.3, -0.25) is 19.7 Å². The molecule has 2 amide bonds. The summed E-state index contributed by atoms with van der Waals surface area (Å²) in [5.41, 5.74) is 0.601. The van der Waals surface area contributed by atoms with Crippen LogP contribution in [0, 0.1) is 17.8 Å². The summed E-state index contributed by atoms with van der Waals surface area (Å²) in [6.45, 7) is 5.19. The van der Waals surface area contributed by atoms with Crippen molar-refractivity contribution in [2.24, 2.45) is 17.8 Å². The van der Waals surface area contributed by atoms with Gasteiger partial charge in [-0.2, -0.15) is 0 Å². The van der Waals surface area contributed by atoms with E-state index in [1.165, 1.54) is 13.2 Å². The Bertz CT molecular complexity index is 876. The number of hydrogen-bond donors (Lipinski definition) is 3. The number of amides is 2. The zero-order valence-electron chi connectivity index (χ0n) is 21.5. The van der Waals surface area contributed by atoms with Gasteiger partial charge in [-0.1, -0.05) is 38.2 Å². The maximum Gasteiger partial charge on any atom is 0.331 e. The van der Waals surface area contributed by atoms with Gasteiger partial charge in [-0.05, 0) is 37.7 Å². The molecule has 2 aliphatic heterocycles. The van der Waals surface area contributed by atoms with Crippen LogP contribution in [0.25, 0.3) is 0 Å². The summed E-state index contributed by atoms with van der Waals surface area (Å²) >= 11 is 0. The van der Waals surface area contributed by atoms with Crippen molar-refractivity contribution < 1.29 is 38.9 Å². The van der Waals surface area contributed by atoms with Gasteiger partial charge < -0.3 is 19.7 Å². The van der Waals surface area contributed by atoms with E-state index in [-0.39, 0.29) is 55.1 Å². The van der Waals surface area contributed by atoms with Crippen LogP contribution in [0.1, 0.15) is 59.3 Å². The zero-order chi connectivity index (χ0) is 26.8. The molecule has 0 aliphatic carbocycles. The molecule has 0 aromatic carbocycles. The standard InChI is InChI=1S/C27H39NO8/c1-16-11-17(2)27(36-25(33)10-8-6-5-7-9-22(35-4)26(16)34)18(3)21(30)15-20(29)12-19-13-23(31)28-24(32)14-19/h7-11,16,18-20,22,26-27,29,34H,5-6,12-15H2,1-4H3,(H,28,31,32)/t16-,18-,20-,22+,26+,27+/m1/s1. The number of aliphatic hydroxyl groups is 2. The minimum Gasteiger partial charge on any atom is -0.454 e. The molecule has 2 rings (SSSR count). The van der Waals surface area contributed by atoms with E-state index < -0.39 is 36.3 Å². The largest absolute Gasteiger partial charge is 0.454 e. The second-order valence-corrected chi connectivity index (χ2v) is 9.82. The lowest BCUT2D eigenvalue weighted by Gasteiger charge is -2.28. The third-order valence-corrected chi connectivity index (χ3v) is 6.68. The van der Waals surface area contributed by atoms with E-state index in [1.54, 1.807) is 32.1 Å². The molecule has 0 bridgehead atoms. The molecule has 1 saturated heterocycles. The van der Waals surface area contributed by atoms with Crippen molar-refractivity contribution in [3.05, 3.63) is 36.0 Å². The highest BCUT2D eigenvalue weighted by Crippen LogP contribution is 2.26. The van der Waals surface area contributed by atoms with Gasteiger partial charge in [0.1, 0.15) is 18.0 Å². The maximum atomic E-state index is 13.1. The van der Waals surface area contributed by atoms with E-state index in [0.717, 1.165) is 0 Å². The smallest absolute Gasteiger partial charge is 0.331 e. The average Bonchev–Trinajstić information content (AvgIpc) is 2.79. The Labute approximate surface area is 212 Å². The van der Waals surface area contributed by atoms with Crippen LogP contribution in [-0.2, 0) is 28.7 Å². The van der Waals surface area contributed by atoms with E-state index in [0.29, 0.717) is 18.4 Å². The third-order valence-electron chi connectivity index (χ3n) is 6.68. The number of carbonyl (C=O) groups excluding carboxylic acids is 4. The van der Waals surface area contributed by atoms with Gasteiger partial charge >= 0.3 is 5.97 Å². The zero-order valence-corrected chi connectivity index (χ0v) is 21.5. The normalized spacial score (nSPS) is 28.5. The Hall–Kier alpha value is -2.62. The third kappa shape index (κ3) is 9.11. The molecule has 0 radical (unpaired) electrons. The molecule has 1 fully saturated rings. The van der Waals surface area contributed by atoms with Crippen LogP contribution < -0.4 is 5.32 Å². The van der Waals surface area contributed by atoms with Gasteiger partial charge in [0.2, 0.25) is 11.8 Å². The predicted octanol–water partition coefficient (Wildman–Crippen LogP) is 2.16. The maximum absolute atomic E-state index is 13.1. The van der Waals surface area contributed by atoms with E-state index >= 15 is 0 Å². The molecule has 0 spiro atoms. The number of piperidine rings is 1. The summed E-state index contributed by atoms with van der Waals surface area (Å²) in [7, 11) is 1.52. The molecule has 6 atom stereocenters. The predicted molar refractivity (Wildman–Crippen MR) is 132 cm³/mol. The Morgan fingerprint density at radius 1 is 1.19 bits per heavy atom. The number of aliphatic hydroxyl groups excluding tert-OH is 2. The molecule has 0 aromatic heterocycles. The second-order valence-electron chi connectivity index (χ2n) is 9.82. The van der Waals surface area contributed by atoms with E-state index in [9.17, 15) is 29.4 Å². The number of hydrogen-bond acceptors (Lipinski definition) is 8. The van der Waals surface area contributed by atoms with E-state index in [1.807, 2.05) is 13.0 Å². The van der Waals surface area contributed by atoms with Gasteiger partial charge in [0.05, 0.1) is 18.1 Å². The highest BCUT2D eigenvalue weighted by Gasteiger charge is 2.33. The van der Waals surface area contributed by atoms with Crippen LogP contribution in [0.4, 0.5) is 0 Å². The van der Waals surface area contributed by atoms with Crippen molar-refractivity contribution in [3.63, 3.8) is 0 Å². The number of allylic oxidation sites excluding steroid dienone is 2. The van der Waals surface area contributed by atoms with Crippen LogP contribution in [0.3, 0.4) is 0 Å². The number of Topliss-reactive ketones (excluding diaryl/α,β-unsaturated/α-hetero) is 1. The highest BCUT2D eigenvalue weighted by molar-refractivity contribution is 5.97. The summed E-state index contributed by atoms with van der Waals surface area (Å²) in [4.78, 5) is 48.7. The molecule has 0 saturated carbocycles. The molecular weight excluding hydrogens is 466 g/mol. The number of imide groups is 1. The van der Waals surface area contributed by atoms with Gasteiger partial charge in [0, 0.05) is 38.4 Å². The van der Waals surface area contributed by atoms with Crippen LogP contribution in [0.5, 0.6) is 0 Å². The van der Waals surface area contributed by atoms with Crippen LogP contribution >= 0.6 is 0 Å². The van der Waals surface area contributed by atoms with Crippen molar-refractivity contribution in [2.45, 2.75) is 83.7 Å². The number of esters is 1. The number of rotatable bonds is 7. The first-order chi connectivity index (χ1) is 17.0. The molecule has 0 unspecified atom stereocenters. The summed E-state index contributed by atoms with van der Waals surface area (Å²) in [5.74, 6) is -3.10. The first kappa shape index (κ1) is 29.6. The number of cyclic esters (lactones) is 1. The van der Waals surface area contributed by atoms with Crippen molar-refractivity contribution in [1.29, 1.82) is 0 Å². The molecule has 9 nitrogen and oxygen atoms in total. The topological polar surface area (TPSA) is 139 Å². The van der Waals surface area contributed by atoms with E-state index in [2.05, 4.69) is 5.32 Å². The van der Waals surface area contributed by atoms with Crippen LogP contribution in [0.15, 0.2) is 36.0 Å². The van der Waals surface area contributed by atoms with Gasteiger partial charge in [0.25, 0.3) is 0 Å². The Morgan fingerprint density at radius 3 is 2.47 bits per heavy atom. The van der Waals surface area contributed by atoms with E-state index in [4.69, 9.17) is 9.47 Å².